The molecule has 1 rings (SSSR count). The van der Waals surface area contributed by atoms with E-state index in [0.29, 0.717) is 23.6 Å². The quantitative estimate of drug-likeness (QED) is 0.634. The fourth-order valence-electron chi connectivity index (χ4n) is 1.71. The Bertz CT molecular complexity index is 500. The van der Waals surface area contributed by atoms with Gasteiger partial charge >= 0.3 is 0 Å². The molecule has 0 aliphatic carbocycles. The minimum atomic E-state index is -0.233. The molecule has 5 heteroatoms. The van der Waals surface area contributed by atoms with Crippen molar-refractivity contribution in [2.45, 2.75) is 32.5 Å². The molecule has 110 valence electrons. The van der Waals surface area contributed by atoms with E-state index in [-0.39, 0.29) is 22.4 Å². The molecular weight excluding hydrogens is 322 g/mol. The third-order valence-electron chi connectivity index (χ3n) is 2.71. The molecule has 0 spiro atoms. The summed E-state index contributed by atoms with van der Waals surface area (Å²) in [4.78, 5) is 23.2. The molecule has 0 heterocycles. The summed E-state index contributed by atoms with van der Waals surface area (Å²) in [5.41, 5.74) is 1.14. The number of halogens is 1. The van der Waals surface area contributed by atoms with E-state index in [4.69, 9.17) is 4.74 Å². The van der Waals surface area contributed by atoms with E-state index >= 15 is 0 Å². The lowest BCUT2D eigenvalue weighted by molar-refractivity contribution is -0.114. The molecule has 0 saturated carbocycles. The van der Waals surface area contributed by atoms with E-state index in [1.807, 2.05) is 20.8 Å². The van der Waals surface area contributed by atoms with Crippen LogP contribution in [0.15, 0.2) is 18.2 Å². The van der Waals surface area contributed by atoms with Crippen LogP contribution in [0.2, 0.25) is 0 Å². The number of carbonyl (C=O) groups is 2. The first-order valence-electron chi connectivity index (χ1n) is 6.59. The summed E-state index contributed by atoms with van der Waals surface area (Å²) in [5.74, 6) is 0.547. The number of nitrogens with one attached hydrogen (secondary N) is 1. The number of Topliss-reactive ketones (excluding diaryl/α,β-unsaturated/α-hetero) is 1. The van der Waals surface area contributed by atoms with Crippen LogP contribution < -0.4 is 10.1 Å². The number of anilines is 1. The van der Waals surface area contributed by atoms with Crippen molar-refractivity contribution in [3.8, 4) is 5.75 Å². The van der Waals surface area contributed by atoms with E-state index in [9.17, 15) is 9.59 Å². The second-order valence-corrected chi connectivity index (χ2v) is 5.82. The first-order chi connectivity index (χ1) is 9.36. The highest BCUT2D eigenvalue weighted by Gasteiger charge is 2.21. The van der Waals surface area contributed by atoms with Crippen LogP contribution >= 0.6 is 15.9 Å². The number of ether oxygens (including phenoxy) is 1. The SMILES string of the molecule is CCOc1cc(C(=O)C(Br)C(C)C)ccc1NC(C)=O. The van der Waals surface area contributed by atoms with Gasteiger partial charge in [0.2, 0.25) is 5.91 Å². The number of hydrogen-bond donors (Lipinski definition) is 1. The number of ketones is 1. The molecular formula is C15H20BrNO3. The summed E-state index contributed by atoms with van der Waals surface area (Å²) in [6, 6.07) is 5.07. The largest absolute Gasteiger partial charge is 0.492 e. The summed E-state index contributed by atoms with van der Waals surface area (Å²) in [6.07, 6.45) is 0. The number of rotatable bonds is 6. The molecule has 0 saturated heterocycles. The Morgan fingerprint density at radius 3 is 2.50 bits per heavy atom. The maximum atomic E-state index is 12.3. The van der Waals surface area contributed by atoms with Gasteiger partial charge in [0, 0.05) is 12.5 Å². The Balaban J connectivity index is 3.09. The third kappa shape index (κ3) is 4.34. The van der Waals surface area contributed by atoms with Gasteiger partial charge in [0.05, 0.1) is 17.1 Å². The summed E-state index contributed by atoms with van der Waals surface area (Å²) in [6.45, 7) is 7.71. The highest BCUT2D eigenvalue weighted by molar-refractivity contribution is 9.10. The second-order valence-electron chi connectivity index (χ2n) is 4.84. The van der Waals surface area contributed by atoms with Gasteiger partial charge in [-0.05, 0) is 31.0 Å². The van der Waals surface area contributed by atoms with Crippen molar-refractivity contribution in [3.63, 3.8) is 0 Å². The molecule has 0 fully saturated rings. The first kappa shape index (κ1) is 16.7. The first-order valence-corrected chi connectivity index (χ1v) is 7.51. The van der Waals surface area contributed by atoms with E-state index in [2.05, 4.69) is 21.2 Å². The number of carbonyl (C=O) groups excluding carboxylic acids is 2. The van der Waals surface area contributed by atoms with Crippen molar-refractivity contribution >= 4 is 33.3 Å². The zero-order chi connectivity index (χ0) is 15.3. The van der Waals surface area contributed by atoms with E-state index < -0.39 is 0 Å². The lowest BCUT2D eigenvalue weighted by Crippen LogP contribution is -2.20. The van der Waals surface area contributed by atoms with Crippen molar-refractivity contribution < 1.29 is 14.3 Å². The Kier molecular flexibility index (Phi) is 6.20. The zero-order valence-electron chi connectivity index (χ0n) is 12.2. The van der Waals surface area contributed by atoms with E-state index in [0.717, 1.165) is 0 Å². The molecule has 1 atom stereocenters. The predicted molar refractivity (Wildman–Crippen MR) is 83.8 cm³/mol. The van der Waals surface area contributed by atoms with E-state index in [1.165, 1.54) is 6.92 Å². The molecule has 1 N–H and O–H groups in total. The summed E-state index contributed by atoms with van der Waals surface area (Å²) < 4.78 is 5.49. The Labute approximate surface area is 128 Å². The average Bonchev–Trinajstić information content (AvgIpc) is 2.38. The topological polar surface area (TPSA) is 55.4 Å². The van der Waals surface area contributed by atoms with Crippen LogP contribution in [0, 0.1) is 5.92 Å². The molecule has 1 amide bonds. The maximum Gasteiger partial charge on any atom is 0.221 e. The normalized spacial score (nSPS) is 12.1. The van der Waals surface area contributed by atoms with Crippen LogP contribution in [0.5, 0.6) is 5.75 Å². The Hall–Kier alpha value is -1.36. The molecule has 0 bridgehead atoms. The second kappa shape index (κ2) is 7.43. The maximum absolute atomic E-state index is 12.3. The van der Waals surface area contributed by atoms with Crippen LogP contribution in [0.3, 0.4) is 0 Å². The fourth-order valence-corrected chi connectivity index (χ4v) is 1.97. The van der Waals surface area contributed by atoms with Gasteiger partial charge in [-0.25, -0.2) is 0 Å². The van der Waals surface area contributed by atoms with Gasteiger partial charge in [-0.3, -0.25) is 9.59 Å². The van der Waals surface area contributed by atoms with Crippen LogP contribution in [0.25, 0.3) is 0 Å². The van der Waals surface area contributed by atoms with Gasteiger partial charge < -0.3 is 10.1 Å². The van der Waals surface area contributed by atoms with Gasteiger partial charge in [0.25, 0.3) is 0 Å². The van der Waals surface area contributed by atoms with Crippen molar-refractivity contribution in [2.24, 2.45) is 5.92 Å². The molecule has 0 aliphatic rings. The van der Waals surface area contributed by atoms with Crippen molar-refractivity contribution in [1.29, 1.82) is 0 Å². The monoisotopic (exact) mass is 341 g/mol. The summed E-state index contributed by atoms with van der Waals surface area (Å²) in [7, 11) is 0. The standard InChI is InChI=1S/C15H20BrNO3/c1-5-20-13-8-11(15(19)14(16)9(2)3)6-7-12(13)17-10(4)18/h6-9,14H,5H2,1-4H3,(H,17,18). The van der Waals surface area contributed by atoms with Crippen LogP contribution in [-0.4, -0.2) is 23.1 Å². The number of amides is 1. The molecule has 1 aromatic rings. The van der Waals surface area contributed by atoms with Gasteiger partial charge in [-0.2, -0.15) is 0 Å². The molecule has 0 aliphatic heterocycles. The van der Waals surface area contributed by atoms with Crippen molar-refractivity contribution in [3.05, 3.63) is 23.8 Å². The van der Waals surface area contributed by atoms with Crippen LogP contribution in [0.4, 0.5) is 5.69 Å². The number of alkyl halides is 1. The molecule has 20 heavy (non-hydrogen) atoms. The van der Waals surface area contributed by atoms with Gasteiger partial charge in [-0.1, -0.05) is 29.8 Å². The fraction of sp³-hybridized carbons (Fsp3) is 0.467. The van der Waals surface area contributed by atoms with Gasteiger partial charge in [-0.15, -0.1) is 0 Å². The number of benzene rings is 1. The highest BCUT2D eigenvalue weighted by atomic mass is 79.9. The minimum absolute atomic E-state index is 0.00956. The Morgan fingerprint density at radius 2 is 2.00 bits per heavy atom. The molecule has 1 unspecified atom stereocenters. The molecule has 4 nitrogen and oxygen atoms in total. The molecule has 0 radical (unpaired) electrons. The van der Waals surface area contributed by atoms with E-state index in [1.54, 1.807) is 18.2 Å². The average molecular weight is 342 g/mol. The smallest absolute Gasteiger partial charge is 0.221 e. The van der Waals surface area contributed by atoms with Gasteiger partial charge in [0.1, 0.15) is 5.75 Å². The number of hydrogen-bond acceptors (Lipinski definition) is 3. The highest BCUT2D eigenvalue weighted by Crippen LogP contribution is 2.28. The van der Waals surface area contributed by atoms with Crippen molar-refractivity contribution in [1.82, 2.24) is 0 Å². The van der Waals surface area contributed by atoms with Gasteiger partial charge in [0.15, 0.2) is 5.78 Å². The molecule has 0 aromatic heterocycles. The third-order valence-corrected chi connectivity index (χ3v) is 4.19. The minimum Gasteiger partial charge on any atom is -0.492 e. The zero-order valence-corrected chi connectivity index (χ0v) is 13.8. The summed E-state index contributed by atoms with van der Waals surface area (Å²) in [5, 5.41) is 2.69. The lowest BCUT2D eigenvalue weighted by Gasteiger charge is -2.15. The van der Waals surface area contributed by atoms with Crippen LogP contribution in [0.1, 0.15) is 38.1 Å². The summed E-state index contributed by atoms with van der Waals surface area (Å²) >= 11 is 3.41. The Morgan fingerprint density at radius 1 is 1.35 bits per heavy atom. The predicted octanol–water partition coefficient (Wildman–Crippen LogP) is 3.65. The molecule has 1 aromatic carbocycles. The van der Waals surface area contributed by atoms with Crippen LogP contribution in [-0.2, 0) is 4.79 Å². The lowest BCUT2D eigenvalue weighted by atomic mass is 10.0. The van der Waals surface area contributed by atoms with Crippen molar-refractivity contribution in [2.75, 3.05) is 11.9 Å².